The molecule has 4 nitrogen and oxygen atoms in total. The summed E-state index contributed by atoms with van der Waals surface area (Å²) >= 11 is 0. The minimum atomic E-state index is 0.578. The van der Waals surface area contributed by atoms with Crippen molar-refractivity contribution in [3.63, 3.8) is 0 Å². The predicted molar refractivity (Wildman–Crippen MR) is 249 cm³/mol. The maximum Gasteiger partial charge on any atom is 0.164 e. The zero-order chi connectivity index (χ0) is 40.5. The van der Waals surface area contributed by atoms with Gasteiger partial charge in [-0.3, -0.25) is 0 Å². The zero-order valence-electron chi connectivity index (χ0n) is 33.1. The minimum absolute atomic E-state index is 0.578. The van der Waals surface area contributed by atoms with Gasteiger partial charge in [-0.2, -0.15) is 0 Å². The highest BCUT2D eigenvalue weighted by atomic mass is 16.5. The molecule has 4 heteroatoms. The predicted octanol–water partition coefficient (Wildman–Crippen LogP) is 15.0. The van der Waals surface area contributed by atoms with Gasteiger partial charge in [0.2, 0.25) is 0 Å². The monoisotopic (exact) mass is 779 g/mol. The fourth-order valence-electron chi connectivity index (χ4n) is 8.42. The normalized spacial score (nSPS) is 11.4. The van der Waals surface area contributed by atoms with Crippen LogP contribution in [0.1, 0.15) is 0 Å². The first kappa shape index (κ1) is 35.9. The van der Waals surface area contributed by atoms with Crippen molar-refractivity contribution in [3.8, 4) is 112 Å². The molecule has 0 radical (unpaired) electrons. The third kappa shape index (κ3) is 6.86. The summed E-state index contributed by atoms with van der Waals surface area (Å²) in [6, 6.07) is 78.1. The van der Waals surface area contributed by atoms with Crippen LogP contribution in [0.2, 0.25) is 0 Å². The van der Waals surface area contributed by atoms with Crippen LogP contribution in [0.5, 0.6) is 11.5 Å². The average molecular weight is 780 g/mol. The van der Waals surface area contributed by atoms with E-state index in [2.05, 4.69) is 200 Å². The van der Waals surface area contributed by atoms with Gasteiger partial charge >= 0.3 is 0 Å². The van der Waals surface area contributed by atoms with E-state index in [1.165, 1.54) is 0 Å². The maximum absolute atomic E-state index is 6.94. The number of para-hydroxylation sites is 2. The molecule has 0 unspecified atom stereocenters. The largest absolute Gasteiger partial charge is 0.456 e. The second kappa shape index (κ2) is 15.5. The van der Waals surface area contributed by atoms with E-state index >= 15 is 0 Å². The Morgan fingerprint density at radius 1 is 0.213 bits per heavy atom. The van der Waals surface area contributed by atoms with Crippen molar-refractivity contribution < 1.29 is 4.74 Å². The van der Waals surface area contributed by atoms with Crippen molar-refractivity contribution in [3.05, 3.63) is 224 Å². The molecule has 0 aliphatic carbocycles. The fraction of sp³-hybridized carbons (Fsp3) is 0. The summed E-state index contributed by atoms with van der Waals surface area (Å²) in [4.78, 5) is 15.7. The van der Waals surface area contributed by atoms with Crippen molar-refractivity contribution in [2.75, 3.05) is 0 Å². The molecule has 11 rings (SSSR count). The summed E-state index contributed by atoms with van der Waals surface area (Å²) in [5, 5.41) is 0. The van der Waals surface area contributed by atoms with Gasteiger partial charge in [0.25, 0.3) is 0 Å². The average Bonchev–Trinajstić information content (AvgIpc) is 3.36. The first-order valence-electron chi connectivity index (χ1n) is 20.5. The molecule has 10 aromatic rings. The smallest absolute Gasteiger partial charge is 0.164 e. The number of rotatable bonds is 5. The summed E-state index contributed by atoms with van der Waals surface area (Å²) in [6.07, 6.45) is 0. The van der Waals surface area contributed by atoms with Crippen LogP contribution in [0.25, 0.3) is 101 Å². The van der Waals surface area contributed by atoms with Crippen LogP contribution in [0.4, 0.5) is 0 Å². The fourth-order valence-corrected chi connectivity index (χ4v) is 8.42. The van der Waals surface area contributed by atoms with Crippen molar-refractivity contribution in [2.45, 2.75) is 0 Å². The molecule has 9 aromatic carbocycles. The minimum Gasteiger partial charge on any atom is -0.456 e. The Balaban J connectivity index is 1.14. The standard InChI is InChI=1S/C57H37N3O/c1-3-17-38(18-4-1)40-21-15-23-42(35-40)55-58-56(43-24-16-22-41(36-43)39-19-5-2-6-20-39)60-57(59-55)44-33-34-49-47-27-8-7-25-45(47)46-26-9-10-28-48(46)50-29-11-13-31-53(50)61-54-32-14-12-30-51(54)52(49)37-44/h1-37H. The molecule has 0 saturated heterocycles. The SMILES string of the molecule is c1ccc(-c2cccc(-c3nc(-c4cccc(-c5ccccc5)c4)nc(-c4ccc5c(c4)-c4ccccc4Oc4ccccc4-c4ccccc4-c4ccccc4-5)n3)c2)cc1. The summed E-state index contributed by atoms with van der Waals surface area (Å²) in [5.74, 6) is 3.33. The number of aromatic nitrogens is 3. The Morgan fingerprint density at radius 2 is 0.541 bits per heavy atom. The Bertz CT molecular complexity index is 3130. The number of hydrogen-bond acceptors (Lipinski definition) is 4. The van der Waals surface area contributed by atoms with Crippen molar-refractivity contribution in [1.29, 1.82) is 0 Å². The van der Waals surface area contributed by atoms with E-state index in [1.807, 2.05) is 24.3 Å². The number of benzene rings is 9. The molecule has 0 N–H and O–H groups in total. The van der Waals surface area contributed by atoms with Crippen molar-refractivity contribution in [2.24, 2.45) is 0 Å². The van der Waals surface area contributed by atoms with Crippen molar-refractivity contribution >= 4 is 0 Å². The molecule has 0 atom stereocenters. The quantitative estimate of drug-likeness (QED) is 0.175. The zero-order valence-corrected chi connectivity index (χ0v) is 33.1. The van der Waals surface area contributed by atoms with Gasteiger partial charge in [-0.05, 0) is 86.0 Å². The highest BCUT2D eigenvalue weighted by Gasteiger charge is 2.23. The lowest BCUT2D eigenvalue weighted by Crippen LogP contribution is -2.01. The van der Waals surface area contributed by atoms with E-state index in [0.29, 0.717) is 17.5 Å². The van der Waals surface area contributed by atoms with Crippen LogP contribution in [-0.2, 0) is 0 Å². The first-order valence-corrected chi connectivity index (χ1v) is 20.5. The summed E-state index contributed by atoms with van der Waals surface area (Å²) in [7, 11) is 0. The molecule has 1 aromatic heterocycles. The second-order valence-electron chi connectivity index (χ2n) is 15.1. The van der Waals surface area contributed by atoms with Gasteiger partial charge in [-0.1, -0.05) is 194 Å². The molecule has 1 aliphatic heterocycles. The first-order chi connectivity index (χ1) is 30.2. The molecule has 2 heterocycles. The van der Waals surface area contributed by atoms with E-state index < -0.39 is 0 Å². The summed E-state index contributed by atoms with van der Waals surface area (Å²) in [6.45, 7) is 0. The molecule has 0 amide bonds. The molecule has 0 spiro atoms. The van der Waals surface area contributed by atoms with Gasteiger partial charge in [0.05, 0.1) is 0 Å². The second-order valence-corrected chi connectivity index (χ2v) is 15.1. The number of hydrogen-bond donors (Lipinski definition) is 0. The Labute approximate surface area is 355 Å². The van der Waals surface area contributed by atoms with Crippen LogP contribution in [-0.4, -0.2) is 15.0 Å². The molecular weight excluding hydrogens is 743 g/mol. The Hall–Kier alpha value is -8.21. The molecule has 0 saturated carbocycles. The third-order valence-electron chi connectivity index (χ3n) is 11.4. The lowest BCUT2D eigenvalue weighted by Gasteiger charge is -2.18. The Kier molecular flexibility index (Phi) is 9.14. The molecule has 0 fully saturated rings. The van der Waals surface area contributed by atoms with Crippen LogP contribution in [0.3, 0.4) is 0 Å². The topological polar surface area (TPSA) is 47.9 Å². The number of fused-ring (bicyclic) bond motifs is 9. The van der Waals surface area contributed by atoms with Gasteiger partial charge in [0.15, 0.2) is 17.5 Å². The van der Waals surface area contributed by atoms with Gasteiger partial charge in [-0.25, -0.2) is 15.0 Å². The third-order valence-corrected chi connectivity index (χ3v) is 11.4. The van der Waals surface area contributed by atoms with E-state index in [9.17, 15) is 0 Å². The highest BCUT2D eigenvalue weighted by Crippen LogP contribution is 2.48. The van der Waals surface area contributed by atoms with Gasteiger partial charge in [0, 0.05) is 27.8 Å². The summed E-state index contributed by atoms with van der Waals surface area (Å²) in [5.41, 5.74) is 15.7. The molecule has 286 valence electrons. The van der Waals surface area contributed by atoms with E-state index in [4.69, 9.17) is 19.7 Å². The van der Waals surface area contributed by atoms with Gasteiger partial charge in [0.1, 0.15) is 11.5 Å². The van der Waals surface area contributed by atoms with Crippen LogP contribution in [0.15, 0.2) is 224 Å². The van der Waals surface area contributed by atoms with Gasteiger partial charge < -0.3 is 4.74 Å². The number of ether oxygens (including phenoxy) is 1. The lowest BCUT2D eigenvalue weighted by molar-refractivity contribution is 0.486. The lowest BCUT2D eigenvalue weighted by atomic mass is 9.86. The van der Waals surface area contributed by atoms with Gasteiger partial charge in [-0.15, -0.1) is 0 Å². The van der Waals surface area contributed by atoms with Crippen LogP contribution < -0.4 is 4.74 Å². The molecular formula is C57H37N3O. The Morgan fingerprint density at radius 3 is 1.02 bits per heavy atom. The van der Waals surface area contributed by atoms with Crippen LogP contribution in [0, 0.1) is 0 Å². The maximum atomic E-state index is 6.94. The van der Waals surface area contributed by atoms with Crippen LogP contribution >= 0.6 is 0 Å². The van der Waals surface area contributed by atoms with E-state index in [1.54, 1.807) is 0 Å². The van der Waals surface area contributed by atoms with E-state index in [0.717, 1.165) is 95.0 Å². The molecule has 0 bridgehead atoms. The highest BCUT2D eigenvalue weighted by molar-refractivity contribution is 5.98. The molecule has 1 aliphatic rings. The summed E-state index contributed by atoms with van der Waals surface area (Å²) < 4.78 is 6.94. The number of nitrogens with zero attached hydrogens (tertiary/aromatic N) is 3. The van der Waals surface area contributed by atoms with Crippen molar-refractivity contribution in [1.82, 2.24) is 15.0 Å². The van der Waals surface area contributed by atoms with E-state index in [-0.39, 0.29) is 0 Å². The molecule has 61 heavy (non-hydrogen) atoms.